The Hall–Kier alpha value is -2.24. The number of hydrogen-bond acceptors (Lipinski definition) is 5. The van der Waals surface area contributed by atoms with Gasteiger partial charge in [-0.3, -0.25) is 10.1 Å². The molecule has 1 rings (SSSR count). The second-order valence-corrected chi connectivity index (χ2v) is 2.85. The number of nitro groups is 1. The highest BCUT2D eigenvalue weighted by Gasteiger charge is 2.14. The summed E-state index contributed by atoms with van der Waals surface area (Å²) in [7, 11) is 9.71. The fraction of sp³-hybridized carbons (Fsp3) is 0. The van der Waals surface area contributed by atoms with Gasteiger partial charge in [-0.15, -0.1) is 0 Å². The van der Waals surface area contributed by atoms with Crippen LogP contribution < -0.4 is 14.2 Å². The van der Waals surface area contributed by atoms with Gasteiger partial charge in [0.25, 0.3) is 0 Å². The summed E-state index contributed by atoms with van der Waals surface area (Å²) in [5.74, 6) is 0.636. The molecule has 6 heteroatoms. The minimum absolute atomic E-state index is 0.167. The second kappa shape index (κ2) is 5.74. The Labute approximate surface area is 98.6 Å². The summed E-state index contributed by atoms with van der Waals surface area (Å²) < 4.78 is 14.4. The maximum absolute atomic E-state index is 10.2. The van der Waals surface area contributed by atoms with Crippen molar-refractivity contribution in [2.75, 3.05) is 0 Å². The van der Waals surface area contributed by atoms with Crippen LogP contribution in [0.4, 0.5) is 0 Å². The lowest BCUT2D eigenvalue weighted by atomic mass is 10.1. The van der Waals surface area contributed by atoms with E-state index in [9.17, 15) is 10.1 Å². The summed E-state index contributed by atoms with van der Waals surface area (Å²) in [6, 6.07) is 3.07. The lowest BCUT2D eigenvalue weighted by Gasteiger charge is -2.12. The van der Waals surface area contributed by atoms with Gasteiger partial charge in [0.1, 0.15) is 21.3 Å². The Balaban J connectivity index is 3.28. The van der Waals surface area contributed by atoms with Crippen LogP contribution in [0.3, 0.4) is 0 Å². The summed E-state index contributed by atoms with van der Waals surface area (Å²) >= 11 is 0. The summed E-state index contributed by atoms with van der Waals surface area (Å²) in [5.41, 5.74) is 0.413. The summed E-state index contributed by atoms with van der Waals surface area (Å²) in [4.78, 5) is 9.64. The monoisotopic (exact) mass is 236 g/mol. The first-order chi connectivity index (χ1) is 8.13. The van der Waals surface area contributed by atoms with Crippen molar-refractivity contribution in [1.29, 1.82) is 0 Å². The van der Waals surface area contributed by atoms with Gasteiger partial charge in [-0.05, 0) is 12.1 Å². The Morgan fingerprint density at radius 2 is 1.76 bits per heavy atom. The van der Waals surface area contributed by atoms with Gasteiger partial charge >= 0.3 is 0 Å². The summed E-state index contributed by atoms with van der Waals surface area (Å²) in [6.45, 7) is 0. The predicted octanol–water partition coefficient (Wildman–Crippen LogP) is 2.45. The van der Waals surface area contributed by atoms with Gasteiger partial charge < -0.3 is 14.2 Å². The van der Waals surface area contributed by atoms with E-state index in [0.29, 0.717) is 5.56 Å². The van der Waals surface area contributed by atoms with Gasteiger partial charge in [0.05, 0.1) is 4.92 Å². The molecule has 0 bridgehead atoms. The minimum atomic E-state index is -0.594. The number of nitrogens with zero attached hydrogens (tertiary/aromatic N) is 1. The average molecular weight is 236 g/mol. The molecule has 6 nitrogen and oxygen atoms in total. The molecule has 0 aliphatic heterocycles. The van der Waals surface area contributed by atoms with Crippen molar-refractivity contribution in [3.05, 3.63) is 55.3 Å². The van der Waals surface area contributed by atoms with E-state index in [1.807, 2.05) is 0 Å². The van der Waals surface area contributed by atoms with Crippen molar-refractivity contribution >= 4 is 6.08 Å². The first-order valence-corrected chi connectivity index (χ1v) is 4.38. The molecule has 0 saturated carbocycles. The normalized spacial score (nSPS) is 10.3. The van der Waals surface area contributed by atoms with Crippen molar-refractivity contribution in [1.82, 2.24) is 0 Å². The van der Waals surface area contributed by atoms with E-state index in [4.69, 9.17) is 14.2 Å². The molecule has 89 valence electrons. The number of hydrogen-bond donors (Lipinski definition) is 0. The number of rotatable bonds is 5. The van der Waals surface area contributed by atoms with E-state index >= 15 is 0 Å². The molecule has 0 atom stereocenters. The van der Waals surface area contributed by atoms with E-state index in [2.05, 4.69) is 21.3 Å². The van der Waals surface area contributed by atoms with Gasteiger partial charge in [-0.1, -0.05) is 0 Å². The van der Waals surface area contributed by atoms with Crippen molar-refractivity contribution in [2.24, 2.45) is 0 Å². The molecule has 0 amide bonds. The van der Waals surface area contributed by atoms with Crippen LogP contribution in [0, 0.1) is 31.4 Å². The Morgan fingerprint density at radius 1 is 1.12 bits per heavy atom. The maximum atomic E-state index is 10.2. The lowest BCUT2D eigenvalue weighted by Crippen LogP contribution is -1.94. The molecule has 0 heterocycles. The molecular weight excluding hydrogens is 226 g/mol. The summed E-state index contributed by atoms with van der Waals surface area (Å²) in [5, 5.41) is 10.2. The smallest absolute Gasteiger partial charge is 0.235 e. The van der Waals surface area contributed by atoms with Crippen molar-refractivity contribution < 1.29 is 19.1 Å². The van der Waals surface area contributed by atoms with Crippen molar-refractivity contribution in [3.63, 3.8) is 0 Å². The van der Waals surface area contributed by atoms with Crippen molar-refractivity contribution in [3.8, 4) is 17.2 Å². The third-order valence-corrected chi connectivity index (χ3v) is 1.93. The van der Waals surface area contributed by atoms with Crippen LogP contribution in [0.1, 0.15) is 5.56 Å². The van der Waals surface area contributed by atoms with Gasteiger partial charge in [0.2, 0.25) is 11.9 Å². The zero-order valence-electron chi connectivity index (χ0n) is 8.92. The van der Waals surface area contributed by atoms with E-state index in [1.165, 1.54) is 12.1 Å². The zero-order valence-corrected chi connectivity index (χ0v) is 8.92. The topological polar surface area (TPSA) is 70.8 Å². The average Bonchev–Trinajstić information content (AvgIpc) is 2.34. The third-order valence-electron chi connectivity index (χ3n) is 1.93. The molecule has 3 radical (unpaired) electrons. The van der Waals surface area contributed by atoms with E-state index in [0.717, 1.165) is 6.20 Å². The van der Waals surface area contributed by atoms with E-state index < -0.39 is 4.92 Å². The molecule has 1 aromatic rings. The molecule has 0 fully saturated rings. The zero-order chi connectivity index (χ0) is 12.8. The standard InChI is InChI=1S/C11H10NO5/c1-15-9-5-4-8(6-7-12(13)14)10(16-2)11(9)17-3/h4-7H,1-3H2/b7-6+. The molecular formula is C11H10NO5. The Bertz CT molecular complexity index is 442. The number of ether oxygens (including phenoxy) is 3. The molecule has 0 unspecified atom stereocenters. The first-order valence-electron chi connectivity index (χ1n) is 4.38. The highest BCUT2D eigenvalue weighted by molar-refractivity contribution is 5.66. The lowest BCUT2D eigenvalue weighted by molar-refractivity contribution is -0.400. The first kappa shape index (κ1) is 12.8. The molecule has 0 saturated heterocycles. The van der Waals surface area contributed by atoms with Crippen LogP contribution in [-0.2, 0) is 0 Å². The minimum Gasteiger partial charge on any atom is -0.486 e. The Kier molecular flexibility index (Phi) is 4.33. The quantitative estimate of drug-likeness (QED) is 0.580. The molecule has 0 aliphatic carbocycles. The highest BCUT2D eigenvalue weighted by Crippen LogP contribution is 2.40. The van der Waals surface area contributed by atoms with Crippen LogP contribution in [0.5, 0.6) is 17.2 Å². The van der Waals surface area contributed by atoms with Gasteiger partial charge in [0, 0.05) is 11.6 Å². The van der Waals surface area contributed by atoms with Crippen LogP contribution >= 0.6 is 0 Å². The third kappa shape index (κ3) is 2.87. The fourth-order valence-corrected chi connectivity index (χ4v) is 1.23. The maximum Gasteiger partial charge on any atom is 0.235 e. The van der Waals surface area contributed by atoms with Crippen LogP contribution in [-0.4, -0.2) is 4.92 Å². The Morgan fingerprint density at radius 3 is 2.24 bits per heavy atom. The fourth-order valence-electron chi connectivity index (χ4n) is 1.23. The predicted molar refractivity (Wildman–Crippen MR) is 60.4 cm³/mol. The molecule has 0 aromatic heterocycles. The van der Waals surface area contributed by atoms with Crippen LogP contribution in [0.15, 0.2) is 18.3 Å². The van der Waals surface area contributed by atoms with Gasteiger partial charge in [-0.2, -0.15) is 0 Å². The molecule has 0 aliphatic rings. The van der Waals surface area contributed by atoms with Gasteiger partial charge in [-0.25, -0.2) is 0 Å². The molecule has 17 heavy (non-hydrogen) atoms. The molecule has 0 N–H and O–H groups in total. The SMILES string of the molecule is [CH2]Oc1ccc(/C=C/[N+](=O)[O-])c(O[CH2])c1O[CH2]. The molecule has 1 aromatic carbocycles. The second-order valence-electron chi connectivity index (χ2n) is 2.85. The number of benzene rings is 1. The van der Waals surface area contributed by atoms with E-state index in [1.54, 1.807) is 6.07 Å². The van der Waals surface area contributed by atoms with Crippen LogP contribution in [0.2, 0.25) is 0 Å². The molecule has 0 spiro atoms. The van der Waals surface area contributed by atoms with E-state index in [-0.39, 0.29) is 17.2 Å². The van der Waals surface area contributed by atoms with Gasteiger partial charge in [0.15, 0.2) is 11.5 Å². The van der Waals surface area contributed by atoms with Crippen LogP contribution in [0.25, 0.3) is 6.08 Å². The summed E-state index contributed by atoms with van der Waals surface area (Å²) in [6.07, 6.45) is 2.02. The highest BCUT2D eigenvalue weighted by atomic mass is 16.6. The largest absolute Gasteiger partial charge is 0.486 e. The van der Waals surface area contributed by atoms with Crippen molar-refractivity contribution in [2.45, 2.75) is 0 Å².